The fourth-order valence-electron chi connectivity index (χ4n) is 1.88. The molecule has 2 unspecified atom stereocenters. The standard InChI is InChI=1S/C12H18N4/c1-8-6-9(8)7-16(2)11-5-3-4-10(15-11)12(13)14/h3-5,8-9H,6-7H2,1-2H3,(H3,13,14). The van der Waals surface area contributed by atoms with E-state index in [4.69, 9.17) is 11.1 Å². The molecule has 1 aliphatic rings. The zero-order chi connectivity index (χ0) is 11.7. The van der Waals surface area contributed by atoms with Gasteiger partial charge in [-0.2, -0.15) is 0 Å². The van der Waals surface area contributed by atoms with Crippen LogP contribution in [0.5, 0.6) is 0 Å². The van der Waals surface area contributed by atoms with Crippen molar-refractivity contribution in [3.8, 4) is 0 Å². The summed E-state index contributed by atoms with van der Waals surface area (Å²) in [5.41, 5.74) is 5.97. The molecule has 2 atom stereocenters. The van der Waals surface area contributed by atoms with Crippen LogP contribution in [0.4, 0.5) is 5.82 Å². The van der Waals surface area contributed by atoms with Gasteiger partial charge in [-0.3, -0.25) is 5.41 Å². The maximum absolute atomic E-state index is 7.36. The molecule has 0 bridgehead atoms. The number of nitrogens with two attached hydrogens (primary N) is 1. The van der Waals surface area contributed by atoms with Gasteiger partial charge in [0.2, 0.25) is 0 Å². The number of nitrogens with one attached hydrogen (secondary N) is 1. The molecule has 4 nitrogen and oxygen atoms in total. The molecule has 4 heteroatoms. The van der Waals surface area contributed by atoms with Gasteiger partial charge in [0.25, 0.3) is 0 Å². The van der Waals surface area contributed by atoms with Gasteiger partial charge in [-0.15, -0.1) is 0 Å². The number of amidine groups is 1. The second-order valence-corrected chi connectivity index (χ2v) is 4.65. The summed E-state index contributed by atoms with van der Waals surface area (Å²) in [6, 6.07) is 5.62. The molecule has 0 amide bonds. The van der Waals surface area contributed by atoms with E-state index < -0.39 is 0 Å². The van der Waals surface area contributed by atoms with Crippen molar-refractivity contribution < 1.29 is 0 Å². The van der Waals surface area contributed by atoms with Gasteiger partial charge >= 0.3 is 0 Å². The largest absolute Gasteiger partial charge is 0.382 e. The first-order valence-electron chi connectivity index (χ1n) is 5.60. The van der Waals surface area contributed by atoms with Gasteiger partial charge in [-0.05, 0) is 30.4 Å². The first kappa shape index (κ1) is 10.9. The van der Waals surface area contributed by atoms with E-state index in [1.165, 1.54) is 6.42 Å². The molecule has 1 heterocycles. The molecule has 16 heavy (non-hydrogen) atoms. The molecule has 0 spiro atoms. The summed E-state index contributed by atoms with van der Waals surface area (Å²) in [6.45, 7) is 3.31. The molecule has 86 valence electrons. The Labute approximate surface area is 96.0 Å². The quantitative estimate of drug-likeness (QED) is 0.594. The van der Waals surface area contributed by atoms with Crippen molar-refractivity contribution in [2.24, 2.45) is 17.6 Å². The van der Waals surface area contributed by atoms with Crippen molar-refractivity contribution in [3.05, 3.63) is 23.9 Å². The number of nitrogen functional groups attached to an aromatic ring is 1. The smallest absolute Gasteiger partial charge is 0.141 e. The lowest BCUT2D eigenvalue weighted by atomic mass is 10.3. The topological polar surface area (TPSA) is 66.0 Å². The van der Waals surface area contributed by atoms with Gasteiger partial charge in [-0.25, -0.2) is 4.98 Å². The van der Waals surface area contributed by atoms with Crippen LogP contribution in [-0.2, 0) is 0 Å². The third-order valence-electron chi connectivity index (χ3n) is 3.19. The monoisotopic (exact) mass is 218 g/mol. The Bertz CT molecular complexity index is 402. The Hall–Kier alpha value is -1.58. The van der Waals surface area contributed by atoms with E-state index in [0.29, 0.717) is 5.69 Å². The van der Waals surface area contributed by atoms with Crippen LogP contribution in [0.15, 0.2) is 18.2 Å². The predicted octanol–water partition coefficient (Wildman–Crippen LogP) is 1.46. The fraction of sp³-hybridized carbons (Fsp3) is 0.500. The fourth-order valence-corrected chi connectivity index (χ4v) is 1.88. The van der Waals surface area contributed by atoms with Crippen molar-refractivity contribution in [2.45, 2.75) is 13.3 Å². The van der Waals surface area contributed by atoms with Gasteiger partial charge in [0, 0.05) is 13.6 Å². The van der Waals surface area contributed by atoms with Crippen LogP contribution < -0.4 is 10.6 Å². The van der Waals surface area contributed by atoms with E-state index in [0.717, 1.165) is 24.2 Å². The summed E-state index contributed by atoms with van der Waals surface area (Å²) >= 11 is 0. The van der Waals surface area contributed by atoms with Gasteiger partial charge in [0.05, 0.1) is 0 Å². The molecule has 1 fully saturated rings. The average Bonchev–Trinajstić information content (AvgIpc) is 2.94. The number of rotatable bonds is 4. The molecule has 1 aromatic rings. The van der Waals surface area contributed by atoms with Gasteiger partial charge in [-0.1, -0.05) is 13.0 Å². The first-order valence-corrected chi connectivity index (χ1v) is 5.60. The molecule has 3 N–H and O–H groups in total. The van der Waals surface area contributed by atoms with Gasteiger partial charge in [0.1, 0.15) is 17.3 Å². The minimum atomic E-state index is 0.0232. The number of hydrogen-bond donors (Lipinski definition) is 2. The highest BCUT2D eigenvalue weighted by Gasteiger charge is 2.33. The molecule has 0 aliphatic heterocycles. The van der Waals surface area contributed by atoms with Crippen LogP contribution in [0.25, 0.3) is 0 Å². The summed E-state index contributed by atoms with van der Waals surface area (Å²) in [5, 5.41) is 7.36. The Balaban J connectivity index is 2.07. The molecule has 2 rings (SSSR count). The van der Waals surface area contributed by atoms with Crippen molar-refractivity contribution >= 4 is 11.7 Å². The van der Waals surface area contributed by atoms with Crippen molar-refractivity contribution in [3.63, 3.8) is 0 Å². The third kappa shape index (κ3) is 2.32. The number of hydrogen-bond acceptors (Lipinski definition) is 3. The predicted molar refractivity (Wildman–Crippen MR) is 65.8 cm³/mol. The van der Waals surface area contributed by atoms with E-state index in [9.17, 15) is 0 Å². The summed E-state index contributed by atoms with van der Waals surface area (Å²) in [7, 11) is 2.04. The molecular formula is C12H18N4. The van der Waals surface area contributed by atoms with Gasteiger partial charge in [0.15, 0.2) is 0 Å². The Morgan fingerprint density at radius 1 is 1.62 bits per heavy atom. The SMILES string of the molecule is CC1CC1CN(C)c1cccc(C(=N)N)n1. The normalized spacial score (nSPS) is 22.9. The second kappa shape index (κ2) is 4.12. The van der Waals surface area contributed by atoms with Crippen molar-refractivity contribution in [1.29, 1.82) is 5.41 Å². The van der Waals surface area contributed by atoms with Crippen LogP contribution in [0.2, 0.25) is 0 Å². The van der Waals surface area contributed by atoms with Crippen LogP contribution in [0, 0.1) is 17.2 Å². The van der Waals surface area contributed by atoms with Crippen molar-refractivity contribution in [1.82, 2.24) is 4.98 Å². The van der Waals surface area contributed by atoms with E-state index >= 15 is 0 Å². The lowest BCUT2D eigenvalue weighted by Crippen LogP contribution is -2.23. The number of pyridine rings is 1. The Morgan fingerprint density at radius 2 is 2.31 bits per heavy atom. The minimum Gasteiger partial charge on any atom is -0.382 e. The van der Waals surface area contributed by atoms with Crippen molar-refractivity contribution in [2.75, 3.05) is 18.5 Å². The van der Waals surface area contributed by atoms with E-state index in [-0.39, 0.29) is 5.84 Å². The number of anilines is 1. The highest BCUT2D eigenvalue weighted by Crippen LogP contribution is 2.38. The third-order valence-corrected chi connectivity index (χ3v) is 3.19. The Kier molecular flexibility index (Phi) is 2.81. The maximum Gasteiger partial charge on any atom is 0.141 e. The van der Waals surface area contributed by atoms with Crippen LogP contribution in [0.1, 0.15) is 19.0 Å². The lowest BCUT2D eigenvalue weighted by molar-refractivity contribution is 0.719. The summed E-state index contributed by atoms with van der Waals surface area (Å²) in [4.78, 5) is 6.49. The summed E-state index contributed by atoms with van der Waals surface area (Å²) in [5.74, 6) is 2.56. The summed E-state index contributed by atoms with van der Waals surface area (Å²) in [6.07, 6.45) is 1.32. The zero-order valence-corrected chi connectivity index (χ0v) is 9.77. The van der Waals surface area contributed by atoms with Crippen LogP contribution >= 0.6 is 0 Å². The van der Waals surface area contributed by atoms with Crippen LogP contribution in [-0.4, -0.2) is 24.4 Å². The molecule has 0 aromatic carbocycles. The van der Waals surface area contributed by atoms with Gasteiger partial charge < -0.3 is 10.6 Å². The maximum atomic E-state index is 7.36. The van der Waals surface area contributed by atoms with E-state index in [1.807, 2.05) is 19.2 Å². The number of nitrogens with zero attached hydrogens (tertiary/aromatic N) is 2. The van der Waals surface area contributed by atoms with E-state index in [2.05, 4.69) is 16.8 Å². The summed E-state index contributed by atoms with van der Waals surface area (Å²) < 4.78 is 0. The number of aromatic nitrogens is 1. The highest BCUT2D eigenvalue weighted by atomic mass is 15.2. The zero-order valence-electron chi connectivity index (χ0n) is 9.77. The Morgan fingerprint density at radius 3 is 2.88 bits per heavy atom. The minimum absolute atomic E-state index is 0.0232. The van der Waals surface area contributed by atoms with E-state index in [1.54, 1.807) is 6.07 Å². The van der Waals surface area contributed by atoms with Crippen LogP contribution in [0.3, 0.4) is 0 Å². The first-order chi connectivity index (χ1) is 7.58. The average molecular weight is 218 g/mol. The lowest BCUT2D eigenvalue weighted by Gasteiger charge is -2.18. The molecular weight excluding hydrogens is 200 g/mol. The molecule has 1 aliphatic carbocycles. The highest BCUT2D eigenvalue weighted by molar-refractivity contribution is 5.93. The molecule has 1 aromatic heterocycles. The molecule has 0 radical (unpaired) electrons. The molecule has 0 saturated heterocycles. The molecule has 1 saturated carbocycles. The second-order valence-electron chi connectivity index (χ2n) is 4.65.